The van der Waals surface area contributed by atoms with E-state index in [0.29, 0.717) is 18.9 Å². The first-order chi connectivity index (χ1) is 10.3. The van der Waals surface area contributed by atoms with E-state index in [1.165, 1.54) is 12.1 Å². The number of nitrogens with one attached hydrogen (secondary N) is 2. The first kappa shape index (κ1) is 17.1. The topological polar surface area (TPSA) is 67.4 Å². The minimum atomic E-state index is -3.83. The summed E-state index contributed by atoms with van der Waals surface area (Å²) < 4.78 is 59.3. The van der Waals surface area contributed by atoms with Crippen molar-refractivity contribution in [1.82, 2.24) is 10.0 Å². The number of rotatable bonds is 6. The summed E-state index contributed by atoms with van der Waals surface area (Å²) in [5.41, 5.74) is 0. The molecular formula is C14H20F2N2O3S. The molecule has 0 spiro atoms. The summed E-state index contributed by atoms with van der Waals surface area (Å²) in [6.45, 7) is 1.97. The SMILES string of the molecule is CCOc1cccc(S(=O)(=O)NCC2CCNCC2(F)F)c1. The molecule has 0 aromatic heterocycles. The Kier molecular flexibility index (Phi) is 5.36. The Hall–Kier alpha value is -1.25. The monoisotopic (exact) mass is 334 g/mol. The van der Waals surface area contributed by atoms with Crippen LogP contribution in [0.4, 0.5) is 8.78 Å². The summed E-state index contributed by atoms with van der Waals surface area (Å²) in [6.07, 6.45) is 0.231. The van der Waals surface area contributed by atoms with Gasteiger partial charge in [0, 0.05) is 18.5 Å². The summed E-state index contributed by atoms with van der Waals surface area (Å²) in [4.78, 5) is 0.00991. The van der Waals surface area contributed by atoms with E-state index in [-0.39, 0.29) is 17.9 Å². The van der Waals surface area contributed by atoms with Crippen LogP contribution in [-0.4, -0.2) is 40.6 Å². The fourth-order valence-corrected chi connectivity index (χ4v) is 3.45. The molecule has 124 valence electrons. The highest BCUT2D eigenvalue weighted by Gasteiger charge is 2.41. The van der Waals surface area contributed by atoms with Crippen LogP contribution >= 0.6 is 0 Å². The molecule has 1 heterocycles. The van der Waals surface area contributed by atoms with Crippen molar-refractivity contribution in [2.75, 3.05) is 26.2 Å². The van der Waals surface area contributed by atoms with Crippen LogP contribution in [0.25, 0.3) is 0 Å². The van der Waals surface area contributed by atoms with E-state index in [9.17, 15) is 17.2 Å². The molecule has 0 bridgehead atoms. The van der Waals surface area contributed by atoms with Crippen molar-refractivity contribution in [3.63, 3.8) is 0 Å². The van der Waals surface area contributed by atoms with Crippen molar-refractivity contribution >= 4 is 10.0 Å². The molecule has 8 heteroatoms. The largest absolute Gasteiger partial charge is 0.494 e. The normalized spacial score (nSPS) is 21.5. The second kappa shape index (κ2) is 6.89. The second-order valence-electron chi connectivity index (χ2n) is 5.18. The minimum Gasteiger partial charge on any atom is -0.494 e. The van der Waals surface area contributed by atoms with Crippen LogP contribution in [0.5, 0.6) is 5.75 Å². The van der Waals surface area contributed by atoms with Gasteiger partial charge in [-0.25, -0.2) is 21.9 Å². The van der Waals surface area contributed by atoms with Crippen LogP contribution in [0.3, 0.4) is 0 Å². The average Bonchev–Trinajstić information content (AvgIpc) is 2.46. The number of hydrogen-bond acceptors (Lipinski definition) is 4. The van der Waals surface area contributed by atoms with Crippen molar-refractivity contribution in [3.05, 3.63) is 24.3 Å². The molecule has 1 unspecified atom stereocenters. The summed E-state index contributed by atoms with van der Waals surface area (Å²) in [6, 6.07) is 5.99. The van der Waals surface area contributed by atoms with E-state index < -0.39 is 28.4 Å². The highest BCUT2D eigenvalue weighted by molar-refractivity contribution is 7.89. The van der Waals surface area contributed by atoms with Crippen molar-refractivity contribution in [3.8, 4) is 5.75 Å². The molecule has 22 heavy (non-hydrogen) atoms. The van der Waals surface area contributed by atoms with Crippen LogP contribution in [-0.2, 0) is 10.0 Å². The van der Waals surface area contributed by atoms with E-state index in [1.807, 2.05) is 0 Å². The van der Waals surface area contributed by atoms with E-state index in [1.54, 1.807) is 19.1 Å². The fraction of sp³-hybridized carbons (Fsp3) is 0.571. The van der Waals surface area contributed by atoms with Crippen LogP contribution in [0, 0.1) is 5.92 Å². The van der Waals surface area contributed by atoms with Gasteiger partial charge < -0.3 is 10.1 Å². The van der Waals surface area contributed by atoms with Gasteiger partial charge in [-0.3, -0.25) is 0 Å². The minimum absolute atomic E-state index is 0.00991. The summed E-state index contributed by atoms with van der Waals surface area (Å²) in [5.74, 6) is -3.48. The van der Waals surface area contributed by atoms with E-state index in [0.717, 1.165) is 0 Å². The maximum atomic E-state index is 13.7. The van der Waals surface area contributed by atoms with Gasteiger partial charge in [-0.15, -0.1) is 0 Å². The predicted molar refractivity (Wildman–Crippen MR) is 78.7 cm³/mol. The molecule has 2 rings (SSSR count). The first-order valence-corrected chi connectivity index (χ1v) is 8.64. The number of piperidine rings is 1. The Labute approximate surface area is 129 Å². The van der Waals surface area contributed by atoms with Gasteiger partial charge >= 0.3 is 0 Å². The smallest absolute Gasteiger partial charge is 0.264 e. The number of ether oxygens (including phenoxy) is 1. The molecule has 1 atom stereocenters. The van der Waals surface area contributed by atoms with Gasteiger partial charge in [0.1, 0.15) is 5.75 Å². The van der Waals surface area contributed by atoms with Gasteiger partial charge in [-0.2, -0.15) is 0 Å². The third kappa shape index (κ3) is 4.15. The molecule has 0 amide bonds. The maximum absolute atomic E-state index is 13.7. The molecule has 0 radical (unpaired) electrons. The average molecular weight is 334 g/mol. The van der Waals surface area contributed by atoms with Gasteiger partial charge in [0.2, 0.25) is 10.0 Å². The Morgan fingerprint density at radius 3 is 2.91 bits per heavy atom. The van der Waals surface area contributed by atoms with E-state index in [2.05, 4.69) is 10.0 Å². The lowest BCUT2D eigenvalue weighted by molar-refractivity contribution is -0.0704. The molecule has 1 aromatic rings. The molecule has 2 N–H and O–H groups in total. The van der Waals surface area contributed by atoms with E-state index in [4.69, 9.17) is 4.74 Å². The van der Waals surface area contributed by atoms with Crippen molar-refractivity contribution in [2.45, 2.75) is 24.2 Å². The molecule has 1 aliphatic rings. The molecule has 1 aromatic carbocycles. The number of alkyl halides is 2. The van der Waals surface area contributed by atoms with Crippen molar-refractivity contribution in [1.29, 1.82) is 0 Å². The highest BCUT2D eigenvalue weighted by atomic mass is 32.2. The maximum Gasteiger partial charge on any atom is 0.264 e. The van der Waals surface area contributed by atoms with Crippen LogP contribution in [0.2, 0.25) is 0 Å². The number of hydrogen-bond donors (Lipinski definition) is 2. The third-order valence-corrected chi connectivity index (χ3v) is 5.00. The molecule has 1 fully saturated rings. The predicted octanol–water partition coefficient (Wildman–Crippen LogP) is 1.61. The molecule has 0 aliphatic carbocycles. The Morgan fingerprint density at radius 2 is 2.23 bits per heavy atom. The second-order valence-corrected chi connectivity index (χ2v) is 6.95. The standard InChI is InChI=1S/C14H20F2N2O3S/c1-2-21-12-4-3-5-13(8-12)22(19,20)18-9-11-6-7-17-10-14(11,15)16/h3-5,8,11,17-18H,2,6-7,9-10H2,1H3. The third-order valence-electron chi connectivity index (χ3n) is 3.57. The molecule has 1 aliphatic heterocycles. The zero-order valence-corrected chi connectivity index (χ0v) is 13.1. The highest BCUT2D eigenvalue weighted by Crippen LogP contribution is 2.29. The van der Waals surface area contributed by atoms with Gasteiger partial charge in [-0.1, -0.05) is 6.07 Å². The molecular weight excluding hydrogens is 314 g/mol. The van der Waals surface area contributed by atoms with Gasteiger partial charge in [0.05, 0.1) is 18.0 Å². The van der Waals surface area contributed by atoms with Gasteiger partial charge in [0.25, 0.3) is 5.92 Å². The lowest BCUT2D eigenvalue weighted by Crippen LogP contribution is -2.50. The Bertz CT molecular complexity index is 608. The molecule has 0 saturated carbocycles. The van der Waals surface area contributed by atoms with Gasteiger partial charge in [-0.05, 0) is 32.0 Å². The number of sulfonamides is 1. The lowest BCUT2D eigenvalue weighted by Gasteiger charge is -2.31. The Morgan fingerprint density at radius 1 is 1.45 bits per heavy atom. The molecule has 5 nitrogen and oxygen atoms in total. The van der Waals surface area contributed by atoms with Crippen molar-refractivity contribution < 1.29 is 21.9 Å². The quantitative estimate of drug-likeness (QED) is 0.829. The number of benzene rings is 1. The fourth-order valence-electron chi connectivity index (χ4n) is 2.33. The number of halogens is 2. The summed E-state index contributed by atoms with van der Waals surface area (Å²) >= 11 is 0. The van der Waals surface area contributed by atoms with Crippen LogP contribution in [0.15, 0.2) is 29.2 Å². The zero-order chi connectivity index (χ0) is 16.2. The molecule has 1 saturated heterocycles. The Balaban J connectivity index is 2.06. The summed E-state index contributed by atoms with van der Waals surface area (Å²) in [5, 5.41) is 2.61. The van der Waals surface area contributed by atoms with Crippen LogP contribution < -0.4 is 14.8 Å². The van der Waals surface area contributed by atoms with Crippen molar-refractivity contribution in [2.24, 2.45) is 5.92 Å². The van der Waals surface area contributed by atoms with Gasteiger partial charge in [0.15, 0.2) is 0 Å². The summed E-state index contributed by atoms with van der Waals surface area (Å²) in [7, 11) is -3.83. The van der Waals surface area contributed by atoms with Crippen LogP contribution in [0.1, 0.15) is 13.3 Å². The van der Waals surface area contributed by atoms with E-state index >= 15 is 0 Å². The first-order valence-electron chi connectivity index (χ1n) is 7.16. The lowest BCUT2D eigenvalue weighted by atomic mass is 9.94. The zero-order valence-electron chi connectivity index (χ0n) is 12.3.